The van der Waals surface area contributed by atoms with Crippen LogP contribution in [0.5, 0.6) is 0 Å². The van der Waals surface area contributed by atoms with E-state index >= 15 is 0 Å². The summed E-state index contributed by atoms with van der Waals surface area (Å²) < 4.78 is 39.7. The van der Waals surface area contributed by atoms with Crippen molar-refractivity contribution in [3.8, 4) is 11.3 Å². The number of rotatable bonds is 2. The van der Waals surface area contributed by atoms with E-state index in [1.54, 1.807) is 0 Å². The SMILES string of the molecule is O=Cc1ccnc(-c2c(Cl)ccc(Cl)c2Cl)c1C(F)(F)F. The zero-order valence-corrected chi connectivity index (χ0v) is 12.3. The van der Waals surface area contributed by atoms with Crippen LogP contribution in [-0.4, -0.2) is 11.3 Å². The number of carbonyl (C=O) groups is 1. The molecule has 1 aromatic heterocycles. The topological polar surface area (TPSA) is 30.0 Å². The molecular weight excluding hydrogens is 350 g/mol. The third-order valence-corrected chi connectivity index (χ3v) is 3.79. The zero-order chi connectivity index (χ0) is 15.8. The van der Waals surface area contributed by atoms with Crippen LogP contribution in [0.1, 0.15) is 15.9 Å². The van der Waals surface area contributed by atoms with E-state index in [2.05, 4.69) is 4.98 Å². The monoisotopic (exact) mass is 353 g/mol. The highest BCUT2D eigenvalue weighted by molar-refractivity contribution is 6.46. The average molecular weight is 355 g/mol. The molecule has 0 fully saturated rings. The summed E-state index contributed by atoms with van der Waals surface area (Å²) in [5.41, 5.74) is -2.46. The van der Waals surface area contributed by atoms with Gasteiger partial charge in [0.05, 0.1) is 26.3 Å². The Morgan fingerprint density at radius 3 is 2.24 bits per heavy atom. The minimum atomic E-state index is -4.80. The Hall–Kier alpha value is -1.30. The molecule has 2 nitrogen and oxygen atoms in total. The van der Waals surface area contributed by atoms with E-state index in [1.807, 2.05) is 0 Å². The lowest BCUT2D eigenvalue weighted by atomic mass is 10.0. The zero-order valence-electron chi connectivity index (χ0n) is 10.0. The fraction of sp³-hybridized carbons (Fsp3) is 0.0769. The molecule has 0 unspecified atom stereocenters. The summed E-state index contributed by atoms with van der Waals surface area (Å²) in [5, 5.41) is -0.182. The molecule has 0 amide bonds. The van der Waals surface area contributed by atoms with Crippen LogP contribution in [0.15, 0.2) is 24.4 Å². The summed E-state index contributed by atoms with van der Waals surface area (Å²) in [4.78, 5) is 14.6. The Morgan fingerprint density at radius 2 is 1.67 bits per heavy atom. The van der Waals surface area contributed by atoms with Crippen LogP contribution in [0.25, 0.3) is 11.3 Å². The van der Waals surface area contributed by atoms with Gasteiger partial charge in [-0.15, -0.1) is 0 Å². The van der Waals surface area contributed by atoms with Crippen molar-refractivity contribution >= 4 is 41.1 Å². The number of carbonyl (C=O) groups excluding carboxylic acids is 1. The fourth-order valence-corrected chi connectivity index (χ4v) is 2.51. The highest BCUT2D eigenvalue weighted by atomic mass is 35.5. The van der Waals surface area contributed by atoms with Crippen LogP contribution >= 0.6 is 34.8 Å². The molecule has 2 rings (SSSR count). The summed E-state index contributed by atoms with van der Waals surface area (Å²) >= 11 is 17.7. The van der Waals surface area contributed by atoms with Gasteiger partial charge in [0.2, 0.25) is 0 Å². The lowest BCUT2D eigenvalue weighted by Crippen LogP contribution is -2.12. The van der Waals surface area contributed by atoms with Gasteiger partial charge in [-0.1, -0.05) is 34.8 Å². The van der Waals surface area contributed by atoms with E-state index < -0.39 is 23.0 Å². The molecule has 0 saturated carbocycles. The van der Waals surface area contributed by atoms with E-state index in [9.17, 15) is 18.0 Å². The lowest BCUT2D eigenvalue weighted by molar-refractivity contribution is -0.137. The minimum Gasteiger partial charge on any atom is -0.298 e. The fourth-order valence-electron chi connectivity index (χ4n) is 1.81. The number of nitrogens with zero attached hydrogens (tertiary/aromatic N) is 1. The molecule has 1 aromatic carbocycles. The van der Waals surface area contributed by atoms with Crippen molar-refractivity contribution in [1.82, 2.24) is 4.98 Å². The Kier molecular flexibility index (Phi) is 4.46. The second-order valence-electron chi connectivity index (χ2n) is 3.96. The van der Waals surface area contributed by atoms with Crippen LogP contribution in [-0.2, 0) is 6.18 Å². The molecule has 1 heterocycles. The molecule has 0 spiro atoms. The van der Waals surface area contributed by atoms with Crippen molar-refractivity contribution in [3.63, 3.8) is 0 Å². The molecule has 0 bridgehead atoms. The molecule has 8 heteroatoms. The minimum absolute atomic E-state index is 0.0301. The summed E-state index contributed by atoms with van der Waals surface area (Å²) in [6.07, 6.45) is -3.63. The molecule has 2 aromatic rings. The molecule has 0 aliphatic heterocycles. The standard InChI is InChI=1S/C13H5Cl3F3NO/c14-7-1-2-8(15)11(16)9(7)12-10(13(17,18)19)6(5-21)3-4-20-12/h1-5H. The smallest absolute Gasteiger partial charge is 0.298 e. The molecule has 0 N–H and O–H groups in total. The quantitative estimate of drug-likeness (QED) is 0.523. The molecule has 0 radical (unpaired) electrons. The van der Waals surface area contributed by atoms with E-state index in [4.69, 9.17) is 34.8 Å². The Morgan fingerprint density at radius 1 is 1.05 bits per heavy atom. The van der Waals surface area contributed by atoms with Crippen LogP contribution in [0, 0.1) is 0 Å². The molecule has 0 saturated heterocycles. The van der Waals surface area contributed by atoms with Crippen LogP contribution in [0.2, 0.25) is 15.1 Å². The Bertz CT molecular complexity index is 717. The van der Waals surface area contributed by atoms with Crippen LogP contribution < -0.4 is 0 Å². The first-order valence-corrected chi connectivity index (χ1v) is 6.56. The van der Waals surface area contributed by atoms with Crippen molar-refractivity contribution in [3.05, 3.63) is 50.6 Å². The van der Waals surface area contributed by atoms with E-state index in [0.717, 1.165) is 12.3 Å². The number of benzene rings is 1. The number of alkyl halides is 3. The highest BCUT2D eigenvalue weighted by Gasteiger charge is 2.38. The number of hydrogen-bond acceptors (Lipinski definition) is 2. The largest absolute Gasteiger partial charge is 0.419 e. The molecule has 0 aliphatic rings. The van der Waals surface area contributed by atoms with Gasteiger partial charge in [-0.2, -0.15) is 13.2 Å². The summed E-state index contributed by atoms with van der Waals surface area (Å²) in [5.74, 6) is 0. The van der Waals surface area contributed by atoms with Crippen molar-refractivity contribution in [2.75, 3.05) is 0 Å². The third kappa shape index (κ3) is 3.00. The maximum absolute atomic E-state index is 13.2. The second-order valence-corrected chi connectivity index (χ2v) is 5.15. The van der Waals surface area contributed by atoms with Gasteiger partial charge in [0.1, 0.15) is 0 Å². The lowest BCUT2D eigenvalue weighted by Gasteiger charge is -2.16. The van der Waals surface area contributed by atoms with Crippen molar-refractivity contribution in [1.29, 1.82) is 0 Å². The molecular formula is C13H5Cl3F3NO. The van der Waals surface area contributed by atoms with Crippen molar-refractivity contribution in [2.45, 2.75) is 6.18 Å². The number of aromatic nitrogens is 1. The number of hydrogen-bond donors (Lipinski definition) is 0. The maximum Gasteiger partial charge on any atom is 0.419 e. The Labute approximate surface area is 132 Å². The van der Waals surface area contributed by atoms with Gasteiger partial charge < -0.3 is 0 Å². The number of aldehydes is 1. The summed E-state index contributed by atoms with van der Waals surface area (Å²) in [6.45, 7) is 0. The van der Waals surface area contributed by atoms with Crippen molar-refractivity contribution in [2.24, 2.45) is 0 Å². The summed E-state index contributed by atoms with van der Waals surface area (Å²) in [6, 6.07) is 3.62. The van der Waals surface area contributed by atoms with E-state index in [-0.39, 0.29) is 26.9 Å². The van der Waals surface area contributed by atoms with Crippen molar-refractivity contribution < 1.29 is 18.0 Å². The van der Waals surface area contributed by atoms with Crippen LogP contribution in [0.3, 0.4) is 0 Å². The van der Waals surface area contributed by atoms with E-state index in [1.165, 1.54) is 12.1 Å². The molecule has 0 atom stereocenters. The first-order chi connectivity index (χ1) is 9.77. The average Bonchev–Trinajstić information content (AvgIpc) is 2.42. The predicted octanol–water partition coefficient (Wildman–Crippen LogP) is 5.54. The third-order valence-electron chi connectivity index (χ3n) is 2.67. The van der Waals surface area contributed by atoms with Gasteiger partial charge in [0, 0.05) is 17.3 Å². The van der Waals surface area contributed by atoms with Gasteiger partial charge in [-0.3, -0.25) is 9.78 Å². The van der Waals surface area contributed by atoms with Gasteiger partial charge in [0.15, 0.2) is 6.29 Å². The van der Waals surface area contributed by atoms with Gasteiger partial charge >= 0.3 is 6.18 Å². The van der Waals surface area contributed by atoms with Crippen LogP contribution in [0.4, 0.5) is 13.2 Å². The molecule has 0 aliphatic carbocycles. The maximum atomic E-state index is 13.2. The molecule has 21 heavy (non-hydrogen) atoms. The van der Waals surface area contributed by atoms with E-state index in [0.29, 0.717) is 0 Å². The molecule has 110 valence electrons. The Balaban J connectivity index is 2.89. The first-order valence-electron chi connectivity index (χ1n) is 5.42. The van der Waals surface area contributed by atoms with Gasteiger partial charge in [-0.05, 0) is 18.2 Å². The number of pyridine rings is 1. The predicted molar refractivity (Wildman–Crippen MR) is 75.1 cm³/mol. The number of halogens is 6. The second kappa shape index (κ2) is 5.83. The van der Waals surface area contributed by atoms with Gasteiger partial charge in [0.25, 0.3) is 0 Å². The first kappa shape index (κ1) is 16.1. The highest BCUT2D eigenvalue weighted by Crippen LogP contribution is 2.44. The van der Waals surface area contributed by atoms with Gasteiger partial charge in [-0.25, -0.2) is 0 Å². The summed E-state index contributed by atoms with van der Waals surface area (Å²) in [7, 11) is 0. The normalized spacial score (nSPS) is 11.5.